The van der Waals surface area contributed by atoms with E-state index in [0.29, 0.717) is 0 Å². The van der Waals surface area contributed by atoms with Gasteiger partial charge in [0.05, 0.1) is 15.6 Å². The minimum atomic E-state index is 0.771. The molecule has 0 amide bonds. The average molecular weight is 345 g/mol. The molecule has 1 aliphatic carbocycles. The van der Waals surface area contributed by atoms with Crippen LogP contribution in [0.4, 0.5) is 11.4 Å². The van der Waals surface area contributed by atoms with Crippen molar-refractivity contribution < 1.29 is 0 Å². The van der Waals surface area contributed by atoms with Gasteiger partial charge in [-0.2, -0.15) is 0 Å². The Morgan fingerprint density at radius 1 is 1.22 bits per heavy atom. The Balaban J connectivity index is 1.56. The molecule has 0 N–H and O–H groups in total. The second-order valence-electron chi connectivity index (χ2n) is 6.64. The lowest BCUT2D eigenvalue weighted by Gasteiger charge is -2.33. The number of benzene rings is 1. The third kappa shape index (κ3) is 2.99. The van der Waals surface area contributed by atoms with Crippen molar-refractivity contribution in [1.29, 1.82) is 0 Å². The van der Waals surface area contributed by atoms with Crippen molar-refractivity contribution in [3.63, 3.8) is 0 Å². The lowest BCUT2D eigenvalue weighted by molar-refractivity contribution is 0.554. The fraction of sp³-hybridized carbons (Fsp3) is 0.474. The predicted octanol–water partition coefficient (Wildman–Crippen LogP) is 5.44. The maximum Gasteiger partial charge on any atom is 0.0812 e. The topological polar surface area (TPSA) is 6.48 Å². The molecule has 2 atom stereocenters. The van der Waals surface area contributed by atoms with Gasteiger partial charge in [0.25, 0.3) is 0 Å². The van der Waals surface area contributed by atoms with E-state index in [0.717, 1.165) is 18.4 Å². The third-order valence-electron chi connectivity index (χ3n) is 5.15. The van der Waals surface area contributed by atoms with Crippen LogP contribution in [0.2, 0.25) is 0 Å². The minimum absolute atomic E-state index is 0.771. The largest absolute Gasteiger partial charge is 0.367 e. The third-order valence-corrected chi connectivity index (χ3v) is 7.44. The van der Waals surface area contributed by atoms with Gasteiger partial charge in [-0.25, -0.2) is 0 Å². The van der Waals surface area contributed by atoms with Crippen molar-refractivity contribution in [2.24, 2.45) is 5.92 Å². The minimum Gasteiger partial charge on any atom is -0.367 e. The molecule has 4 rings (SSSR count). The van der Waals surface area contributed by atoms with Gasteiger partial charge >= 0.3 is 0 Å². The van der Waals surface area contributed by atoms with Crippen LogP contribution in [-0.2, 0) is 6.42 Å². The van der Waals surface area contributed by atoms with Crippen molar-refractivity contribution >= 4 is 34.7 Å². The Morgan fingerprint density at radius 3 is 2.78 bits per heavy atom. The standard InChI is InChI=1S/C19H24N2S2/c1-3-16-10-11-19(22-16)23-20(2)17-6-4-5-7-18(17)21-13-14-8-9-15(21)12-14/h4-7,10-11,14-15H,3,8-9,12-13H2,1-2H3. The van der Waals surface area contributed by atoms with E-state index >= 15 is 0 Å². The molecule has 0 spiro atoms. The molecule has 2 heterocycles. The number of hydrogen-bond donors (Lipinski definition) is 0. The molecule has 2 bridgehead atoms. The predicted molar refractivity (Wildman–Crippen MR) is 103 cm³/mol. The lowest BCUT2D eigenvalue weighted by Crippen LogP contribution is -2.32. The molecule has 1 aromatic carbocycles. The van der Waals surface area contributed by atoms with Crippen LogP contribution in [0.25, 0.3) is 0 Å². The first-order valence-electron chi connectivity index (χ1n) is 8.60. The van der Waals surface area contributed by atoms with Crippen LogP contribution < -0.4 is 9.21 Å². The van der Waals surface area contributed by atoms with E-state index in [1.807, 2.05) is 23.3 Å². The Kier molecular flexibility index (Phi) is 4.29. The zero-order valence-corrected chi connectivity index (χ0v) is 15.5. The summed E-state index contributed by atoms with van der Waals surface area (Å²) >= 11 is 3.76. The van der Waals surface area contributed by atoms with Crippen molar-refractivity contribution in [2.45, 2.75) is 42.9 Å². The quantitative estimate of drug-likeness (QED) is 0.667. The Bertz CT molecular complexity index is 682. The highest BCUT2D eigenvalue weighted by Crippen LogP contribution is 2.44. The van der Waals surface area contributed by atoms with Gasteiger partial charge in [-0.15, -0.1) is 11.3 Å². The molecule has 122 valence electrons. The number of para-hydroxylation sites is 2. The van der Waals surface area contributed by atoms with Gasteiger partial charge in [0.1, 0.15) is 0 Å². The second kappa shape index (κ2) is 6.40. The Hall–Kier alpha value is -1.13. The molecule has 1 aliphatic heterocycles. The van der Waals surface area contributed by atoms with Gasteiger partial charge in [0.2, 0.25) is 0 Å². The SMILES string of the molecule is CCc1ccc(SN(C)c2ccccc2N2CC3CCC2C3)s1. The molecule has 23 heavy (non-hydrogen) atoms. The maximum atomic E-state index is 2.66. The van der Waals surface area contributed by atoms with Gasteiger partial charge in [-0.3, -0.25) is 0 Å². The summed E-state index contributed by atoms with van der Waals surface area (Å²) in [5.41, 5.74) is 2.76. The summed E-state index contributed by atoms with van der Waals surface area (Å²) in [5.74, 6) is 0.926. The van der Waals surface area contributed by atoms with E-state index in [4.69, 9.17) is 0 Å². The molecule has 2 fully saturated rings. The van der Waals surface area contributed by atoms with Gasteiger partial charge in [-0.1, -0.05) is 19.1 Å². The maximum absolute atomic E-state index is 2.66. The van der Waals surface area contributed by atoms with E-state index in [-0.39, 0.29) is 0 Å². The van der Waals surface area contributed by atoms with Crippen LogP contribution >= 0.6 is 23.3 Å². The number of aryl methyl sites for hydroxylation is 1. The highest BCUT2D eigenvalue weighted by molar-refractivity contribution is 8.02. The van der Waals surface area contributed by atoms with Crippen molar-refractivity contribution in [3.8, 4) is 0 Å². The van der Waals surface area contributed by atoms with E-state index in [1.165, 1.54) is 46.3 Å². The summed E-state index contributed by atoms with van der Waals surface area (Å²) in [6.07, 6.45) is 5.34. The van der Waals surface area contributed by atoms with E-state index in [1.54, 1.807) is 0 Å². The number of nitrogens with zero attached hydrogens (tertiary/aromatic N) is 2. The van der Waals surface area contributed by atoms with Crippen LogP contribution in [0.5, 0.6) is 0 Å². The smallest absolute Gasteiger partial charge is 0.0812 e. The van der Waals surface area contributed by atoms with Crippen molar-refractivity contribution in [1.82, 2.24) is 0 Å². The number of piperidine rings is 1. The monoisotopic (exact) mass is 344 g/mol. The number of rotatable bonds is 5. The molecule has 1 saturated heterocycles. The zero-order valence-electron chi connectivity index (χ0n) is 13.9. The van der Waals surface area contributed by atoms with E-state index in [9.17, 15) is 0 Å². The number of fused-ring (bicyclic) bond motifs is 2. The van der Waals surface area contributed by atoms with Gasteiger partial charge in [0, 0.05) is 24.5 Å². The summed E-state index contributed by atoms with van der Waals surface area (Å²) in [4.78, 5) is 4.12. The van der Waals surface area contributed by atoms with Crippen LogP contribution in [0.15, 0.2) is 40.6 Å². The lowest BCUT2D eigenvalue weighted by atomic mass is 10.1. The highest BCUT2D eigenvalue weighted by atomic mass is 32.2. The van der Waals surface area contributed by atoms with Crippen LogP contribution in [-0.4, -0.2) is 19.6 Å². The Labute approximate surface area is 147 Å². The first-order chi connectivity index (χ1) is 11.2. The van der Waals surface area contributed by atoms with Crippen molar-refractivity contribution in [2.75, 3.05) is 22.8 Å². The molecule has 0 radical (unpaired) electrons. The number of anilines is 2. The number of hydrogen-bond acceptors (Lipinski definition) is 4. The number of thiophene rings is 1. The van der Waals surface area contributed by atoms with Gasteiger partial charge in [-0.05, 0) is 67.8 Å². The molecule has 2 nitrogen and oxygen atoms in total. The molecule has 2 aromatic rings. The molecule has 4 heteroatoms. The van der Waals surface area contributed by atoms with Gasteiger partial charge < -0.3 is 9.21 Å². The summed E-state index contributed by atoms with van der Waals surface area (Å²) < 4.78 is 3.72. The molecule has 1 aromatic heterocycles. The van der Waals surface area contributed by atoms with Crippen LogP contribution in [0, 0.1) is 5.92 Å². The molecule has 2 aliphatic rings. The summed E-state index contributed by atoms with van der Waals surface area (Å²) in [5, 5.41) is 0. The van der Waals surface area contributed by atoms with E-state index in [2.05, 4.69) is 59.6 Å². The fourth-order valence-corrected chi connectivity index (χ4v) is 6.11. The van der Waals surface area contributed by atoms with Gasteiger partial charge in [0.15, 0.2) is 0 Å². The highest BCUT2D eigenvalue weighted by Gasteiger charge is 2.38. The zero-order chi connectivity index (χ0) is 15.8. The Morgan fingerprint density at radius 2 is 2.09 bits per heavy atom. The fourth-order valence-electron chi connectivity index (χ4n) is 3.97. The second-order valence-corrected chi connectivity index (χ2v) is 9.23. The van der Waals surface area contributed by atoms with Crippen LogP contribution in [0.1, 0.15) is 31.1 Å². The van der Waals surface area contributed by atoms with E-state index < -0.39 is 0 Å². The van der Waals surface area contributed by atoms with Crippen LogP contribution in [0.3, 0.4) is 0 Å². The average Bonchev–Trinajstić information content (AvgIpc) is 3.31. The summed E-state index contributed by atoms with van der Waals surface area (Å²) in [6.45, 7) is 3.47. The molecular weight excluding hydrogens is 320 g/mol. The molecule has 1 saturated carbocycles. The summed E-state index contributed by atoms with van der Waals surface area (Å²) in [6, 6.07) is 14.2. The molecular formula is C19H24N2S2. The normalized spacial score (nSPS) is 22.8. The first kappa shape index (κ1) is 15.4. The first-order valence-corrected chi connectivity index (χ1v) is 10.2. The van der Waals surface area contributed by atoms with Crippen molar-refractivity contribution in [3.05, 3.63) is 41.3 Å². The summed E-state index contributed by atoms with van der Waals surface area (Å²) in [7, 11) is 2.20. The molecule has 2 unspecified atom stereocenters.